The van der Waals surface area contributed by atoms with Gasteiger partial charge in [-0.05, 0) is 26.2 Å². The highest BCUT2D eigenvalue weighted by Crippen LogP contribution is 2.38. The van der Waals surface area contributed by atoms with Gasteiger partial charge in [0.15, 0.2) is 5.78 Å². The zero-order valence-electron chi connectivity index (χ0n) is 16.7. The summed E-state index contributed by atoms with van der Waals surface area (Å²) in [6.45, 7) is 7.97. The molecule has 0 aliphatic carbocycles. The molecule has 1 aliphatic heterocycles. The number of Topliss-reactive ketones (excluding diaryl/α,β-unsaturated/α-hetero) is 1. The number of dihydropyridines is 1. The average Bonchev–Trinajstić information content (AvgIpc) is 2.66. The summed E-state index contributed by atoms with van der Waals surface area (Å²) in [4.78, 5) is 24.9. The van der Waals surface area contributed by atoms with Gasteiger partial charge < -0.3 is 10.1 Å². The highest BCUT2D eigenvalue weighted by atomic mass is 32.2. The van der Waals surface area contributed by atoms with Crippen molar-refractivity contribution < 1.29 is 14.3 Å². The van der Waals surface area contributed by atoms with Crippen molar-refractivity contribution in [2.24, 2.45) is 11.8 Å². The maximum absolute atomic E-state index is 12.5. The summed E-state index contributed by atoms with van der Waals surface area (Å²) >= 11 is 1.30. The Labute approximate surface area is 170 Å². The number of hydrogen-bond acceptors (Lipinski definition) is 6. The summed E-state index contributed by atoms with van der Waals surface area (Å²) < 4.78 is 5.22. The molecule has 1 atom stereocenters. The highest BCUT2D eigenvalue weighted by Gasteiger charge is 2.34. The number of ether oxygens (including phenoxy) is 1. The molecule has 1 aromatic carbocycles. The first-order valence-corrected chi connectivity index (χ1v) is 10.4. The number of rotatable bonds is 8. The van der Waals surface area contributed by atoms with Crippen molar-refractivity contribution in [3.05, 3.63) is 57.8 Å². The first kappa shape index (κ1) is 21.8. The molecule has 28 heavy (non-hydrogen) atoms. The van der Waals surface area contributed by atoms with E-state index in [1.54, 1.807) is 19.1 Å². The molecule has 0 amide bonds. The van der Waals surface area contributed by atoms with Crippen LogP contribution in [0.2, 0.25) is 0 Å². The molecule has 1 aromatic rings. The number of carbonyl (C=O) groups is 2. The zero-order valence-corrected chi connectivity index (χ0v) is 17.6. The Morgan fingerprint density at radius 2 is 1.96 bits per heavy atom. The Morgan fingerprint density at radius 1 is 1.29 bits per heavy atom. The lowest BCUT2D eigenvalue weighted by Gasteiger charge is -2.29. The summed E-state index contributed by atoms with van der Waals surface area (Å²) in [6.07, 6.45) is 0.659. The topological polar surface area (TPSA) is 79.2 Å². The lowest BCUT2D eigenvalue weighted by Crippen LogP contribution is -2.31. The third-order valence-electron chi connectivity index (χ3n) is 4.41. The van der Waals surface area contributed by atoms with Crippen LogP contribution in [0, 0.1) is 23.2 Å². The molecule has 5 nitrogen and oxygen atoms in total. The maximum atomic E-state index is 12.5. The van der Waals surface area contributed by atoms with Gasteiger partial charge in [-0.15, -0.1) is 0 Å². The number of allylic oxidation sites excluding steroid dienone is 2. The first-order chi connectivity index (χ1) is 13.4. The minimum atomic E-state index is -0.393. The molecular weight excluding hydrogens is 372 g/mol. The lowest BCUT2D eigenvalue weighted by atomic mass is 9.82. The van der Waals surface area contributed by atoms with Crippen molar-refractivity contribution in [2.75, 3.05) is 12.4 Å². The van der Waals surface area contributed by atoms with E-state index in [-0.39, 0.29) is 24.1 Å². The average molecular weight is 399 g/mol. The summed E-state index contributed by atoms with van der Waals surface area (Å²) in [5, 5.41) is 13.6. The molecule has 1 aliphatic rings. The molecule has 0 saturated carbocycles. The number of nitrogens with zero attached hydrogens (tertiary/aromatic N) is 1. The number of nitriles is 1. The number of carbonyl (C=O) groups excluding carboxylic acids is 2. The van der Waals surface area contributed by atoms with Crippen LogP contribution in [0.5, 0.6) is 0 Å². The molecule has 0 radical (unpaired) electrons. The Morgan fingerprint density at radius 3 is 2.54 bits per heavy atom. The standard InChI is InChI=1S/C22H26N2O3S/c1-5-27-22(26)20-15(4)24-21(18(12-23)17(20)11-14(2)3)28-13-19(25)16-9-7-6-8-10-16/h6-10,14,17,24H,5,11,13H2,1-4H3/t17-/m1/s1. The van der Waals surface area contributed by atoms with Crippen molar-refractivity contribution in [1.29, 1.82) is 5.26 Å². The summed E-state index contributed by atoms with van der Waals surface area (Å²) in [7, 11) is 0. The largest absolute Gasteiger partial charge is 0.463 e. The van der Waals surface area contributed by atoms with Crippen molar-refractivity contribution in [3.8, 4) is 6.07 Å². The third kappa shape index (κ3) is 5.26. The predicted molar refractivity (Wildman–Crippen MR) is 111 cm³/mol. The quantitative estimate of drug-likeness (QED) is 0.515. The van der Waals surface area contributed by atoms with Crippen LogP contribution < -0.4 is 5.32 Å². The smallest absolute Gasteiger partial charge is 0.336 e. The zero-order chi connectivity index (χ0) is 20.7. The van der Waals surface area contributed by atoms with Crippen molar-refractivity contribution in [3.63, 3.8) is 0 Å². The van der Waals surface area contributed by atoms with Crippen LogP contribution in [0.15, 0.2) is 52.2 Å². The van der Waals surface area contributed by atoms with E-state index in [9.17, 15) is 14.9 Å². The molecule has 148 valence electrons. The van der Waals surface area contributed by atoms with Gasteiger partial charge in [0, 0.05) is 17.2 Å². The second kappa shape index (κ2) is 10.1. The molecule has 0 spiro atoms. The summed E-state index contributed by atoms with van der Waals surface area (Å²) in [5.74, 6) is -0.222. The molecular formula is C22H26N2O3S. The van der Waals surface area contributed by atoms with Crippen LogP contribution >= 0.6 is 11.8 Å². The third-order valence-corrected chi connectivity index (χ3v) is 5.43. The lowest BCUT2D eigenvalue weighted by molar-refractivity contribution is -0.139. The fourth-order valence-electron chi connectivity index (χ4n) is 3.17. The van der Waals surface area contributed by atoms with Crippen molar-refractivity contribution >= 4 is 23.5 Å². The van der Waals surface area contributed by atoms with E-state index in [4.69, 9.17) is 4.74 Å². The van der Waals surface area contributed by atoms with Crippen LogP contribution in [0.3, 0.4) is 0 Å². The Balaban J connectivity index is 2.29. The molecule has 6 heteroatoms. The van der Waals surface area contributed by atoms with E-state index in [0.717, 1.165) is 0 Å². The summed E-state index contributed by atoms with van der Waals surface area (Å²) in [6, 6.07) is 11.3. The van der Waals surface area contributed by atoms with Crippen molar-refractivity contribution in [2.45, 2.75) is 34.1 Å². The van der Waals surface area contributed by atoms with Gasteiger partial charge in [-0.25, -0.2) is 4.79 Å². The molecule has 0 unspecified atom stereocenters. The van der Waals surface area contributed by atoms with E-state index in [1.165, 1.54) is 11.8 Å². The molecule has 0 saturated heterocycles. The number of nitrogens with one attached hydrogen (secondary N) is 1. The minimum absolute atomic E-state index is 0.00424. The first-order valence-electron chi connectivity index (χ1n) is 9.39. The number of hydrogen-bond donors (Lipinski definition) is 1. The molecule has 0 fully saturated rings. The van der Waals surface area contributed by atoms with E-state index in [0.29, 0.717) is 39.8 Å². The normalized spacial score (nSPS) is 16.6. The molecule has 0 bridgehead atoms. The van der Waals surface area contributed by atoms with E-state index in [1.807, 2.05) is 25.1 Å². The van der Waals surface area contributed by atoms with E-state index < -0.39 is 5.97 Å². The molecule has 2 rings (SSSR count). The van der Waals surface area contributed by atoms with Crippen LogP contribution in [0.25, 0.3) is 0 Å². The van der Waals surface area contributed by atoms with Gasteiger partial charge in [0.25, 0.3) is 0 Å². The van der Waals surface area contributed by atoms with Gasteiger partial charge in [-0.3, -0.25) is 4.79 Å². The van der Waals surface area contributed by atoms with Gasteiger partial charge in [0.05, 0.1) is 34.6 Å². The number of benzene rings is 1. The maximum Gasteiger partial charge on any atom is 0.336 e. The predicted octanol–water partition coefficient (Wildman–Crippen LogP) is 4.44. The van der Waals surface area contributed by atoms with Gasteiger partial charge in [0.2, 0.25) is 0 Å². The fraction of sp³-hybridized carbons (Fsp3) is 0.409. The number of esters is 1. The molecule has 1 N–H and O–H groups in total. The van der Waals surface area contributed by atoms with Gasteiger partial charge in [-0.1, -0.05) is 55.9 Å². The van der Waals surface area contributed by atoms with E-state index >= 15 is 0 Å². The van der Waals surface area contributed by atoms with E-state index in [2.05, 4.69) is 25.2 Å². The number of ketones is 1. The monoisotopic (exact) mass is 398 g/mol. The second-order valence-electron chi connectivity index (χ2n) is 7.00. The Kier molecular flexibility index (Phi) is 7.89. The molecule has 0 aromatic heterocycles. The molecule has 1 heterocycles. The second-order valence-corrected chi connectivity index (χ2v) is 7.98. The van der Waals surface area contributed by atoms with Crippen LogP contribution in [-0.4, -0.2) is 24.1 Å². The summed E-state index contributed by atoms with van der Waals surface area (Å²) in [5.41, 5.74) is 2.32. The Bertz CT molecular complexity index is 835. The van der Waals surface area contributed by atoms with Crippen molar-refractivity contribution in [1.82, 2.24) is 5.32 Å². The van der Waals surface area contributed by atoms with Gasteiger partial charge in [0.1, 0.15) is 0 Å². The minimum Gasteiger partial charge on any atom is -0.463 e. The highest BCUT2D eigenvalue weighted by molar-refractivity contribution is 8.03. The van der Waals surface area contributed by atoms with Gasteiger partial charge >= 0.3 is 5.97 Å². The fourth-order valence-corrected chi connectivity index (χ4v) is 4.18. The Hall–Kier alpha value is -2.52. The van der Waals surface area contributed by atoms with Crippen LogP contribution in [0.1, 0.15) is 44.5 Å². The number of thioether (sulfide) groups is 1. The SMILES string of the molecule is CCOC(=O)C1=C(C)NC(SCC(=O)c2ccccc2)=C(C#N)[C@H]1CC(C)C. The van der Waals surface area contributed by atoms with Crippen LogP contribution in [-0.2, 0) is 9.53 Å². The van der Waals surface area contributed by atoms with Crippen LogP contribution in [0.4, 0.5) is 0 Å². The van der Waals surface area contributed by atoms with Gasteiger partial charge in [-0.2, -0.15) is 5.26 Å².